The molecular weight excluding hydrogens is 478 g/mol. The van der Waals surface area contributed by atoms with Crippen LogP contribution < -0.4 is 20.1 Å². The molecular formula is C25H29N7O5. The number of H-pyrrole nitrogens is 1. The molecule has 2 aliphatic rings. The first-order valence-corrected chi connectivity index (χ1v) is 12.2. The van der Waals surface area contributed by atoms with E-state index in [0.717, 1.165) is 6.42 Å². The summed E-state index contributed by atoms with van der Waals surface area (Å²) in [5.74, 6) is 1.24. The number of aromatic amines is 1. The zero-order valence-corrected chi connectivity index (χ0v) is 20.7. The normalized spacial score (nSPS) is 16.6. The molecule has 37 heavy (non-hydrogen) atoms. The summed E-state index contributed by atoms with van der Waals surface area (Å²) < 4.78 is 11.7. The Bertz CT molecular complexity index is 1370. The number of nitrogens with one attached hydrogen (secondary N) is 3. The Balaban J connectivity index is 1.47. The molecule has 0 unspecified atom stereocenters. The first-order chi connectivity index (χ1) is 17.9. The van der Waals surface area contributed by atoms with Crippen LogP contribution in [0, 0.1) is 16.7 Å². The average molecular weight is 508 g/mol. The molecule has 0 radical (unpaired) electrons. The average Bonchev–Trinajstić information content (AvgIpc) is 3.32. The van der Waals surface area contributed by atoms with Crippen molar-refractivity contribution in [2.45, 2.75) is 26.3 Å². The molecule has 1 fully saturated rings. The van der Waals surface area contributed by atoms with Gasteiger partial charge in [0, 0.05) is 25.3 Å². The number of likely N-dealkylation sites (tertiary alicyclic amines) is 1. The number of anilines is 3. The number of hydrogen-bond acceptors (Lipinski definition) is 10. The van der Waals surface area contributed by atoms with E-state index in [0.29, 0.717) is 58.4 Å². The molecule has 194 valence electrons. The van der Waals surface area contributed by atoms with Gasteiger partial charge in [-0.15, -0.1) is 0 Å². The molecule has 0 aliphatic carbocycles. The monoisotopic (exact) mass is 507 g/mol. The molecule has 1 atom stereocenters. The fourth-order valence-electron chi connectivity index (χ4n) is 4.47. The van der Waals surface area contributed by atoms with E-state index in [4.69, 9.17) is 9.47 Å². The summed E-state index contributed by atoms with van der Waals surface area (Å²) in [6.07, 6.45) is 2.46. The quantitative estimate of drug-likeness (QED) is 0.304. The fourth-order valence-corrected chi connectivity index (χ4v) is 4.47. The van der Waals surface area contributed by atoms with Crippen molar-refractivity contribution in [2.24, 2.45) is 5.41 Å². The largest absolute Gasteiger partial charge is 0.485 e. The van der Waals surface area contributed by atoms with E-state index in [1.165, 1.54) is 0 Å². The number of aromatic nitrogens is 3. The van der Waals surface area contributed by atoms with Crippen LogP contribution in [0.25, 0.3) is 11.0 Å². The van der Waals surface area contributed by atoms with Gasteiger partial charge in [-0.25, -0.2) is 0 Å². The van der Waals surface area contributed by atoms with Gasteiger partial charge in [-0.3, -0.25) is 4.79 Å². The minimum absolute atomic E-state index is 0.124. The van der Waals surface area contributed by atoms with E-state index < -0.39 is 5.41 Å². The van der Waals surface area contributed by atoms with E-state index in [2.05, 4.69) is 38.6 Å². The predicted molar refractivity (Wildman–Crippen MR) is 135 cm³/mol. The van der Waals surface area contributed by atoms with Crippen LogP contribution in [0.1, 0.15) is 36.2 Å². The summed E-state index contributed by atoms with van der Waals surface area (Å²) in [6.45, 7) is 4.82. The SMILES string of the molecule is CC[C@@H](C)Nc1nc(Nc2ccc(C(=O)N3CC(CO)(CO)C3)c3c2OCCO3)nc2[nH]cc(C#N)c12. The van der Waals surface area contributed by atoms with Gasteiger partial charge in [0.1, 0.15) is 30.7 Å². The van der Waals surface area contributed by atoms with Crippen molar-refractivity contribution in [3.8, 4) is 17.6 Å². The Morgan fingerprint density at radius 3 is 2.65 bits per heavy atom. The Hall–Kier alpha value is -4.08. The van der Waals surface area contributed by atoms with E-state index in [1.54, 1.807) is 23.2 Å². The molecule has 12 heteroatoms. The van der Waals surface area contributed by atoms with E-state index in [1.807, 2.05) is 6.92 Å². The fraction of sp³-hybridized carbons (Fsp3) is 0.440. The summed E-state index contributed by atoms with van der Waals surface area (Å²) in [7, 11) is 0. The van der Waals surface area contributed by atoms with Crippen molar-refractivity contribution in [1.82, 2.24) is 19.9 Å². The number of aliphatic hydroxyl groups is 2. The first-order valence-electron chi connectivity index (χ1n) is 12.2. The van der Waals surface area contributed by atoms with Gasteiger partial charge in [-0.1, -0.05) is 6.92 Å². The Labute approximate surface area is 213 Å². The minimum Gasteiger partial charge on any atom is -0.485 e. The minimum atomic E-state index is -0.672. The maximum absolute atomic E-state index is 13.2. The number of nitrogens with zero attached hydrogens (tertiary/aromatic N) is 4. The second-order valence-electron chi connectivity index (χ2n) is 9.51. The number of hydrogen-bond donors (Lipinski definition) is 5. The van der Waals surface area contributed by atoms with Gasteiger partial charge < -0.3 is 40.2 Å². The van der Waals surface area contributed by atoms with Crippen molar-refractivity contribution >= 4 is 34.4 Å². The number of ether oxygens (including phenoxy) is 2. The number of amides is 1. The van der Waals surface area contributed by atoms with Crippen LogP contribution in [-0.2, 0) is 0 Å². The molecule has 0 bridgehead atoms. The van der Waals surface area contributed by atoms with Crippen LogP contribution in [-0.4, -0.2) is 81.5 Å². The summed E-state index contributed by atoms with van der Waals surface area (Å²) in [5.41, 5.74) is 1.14. The van der Waals surface area contributed by atoms with Crippen LogP contribution in [0.2, 0.25) is 0 Å². The summed E-state index contributed by atoms with van der Waals surface area (Å²) in [5, 5.41) is 35.8. The number of aliphatic hydroxyl groups excluding tert-OH is 2. The number of rotatable bonds is 8. The molecule has 5 rings (SSSR count). The molecule has 1 aromatic carbocycles. The molecule has 12 nitrogen and oxygen atoms in total. The van der Waals surface area contributed by atoms with Crippen molar-refractivity contribution in [1.29, 1.82) is 5.26 Å². The van der Waals surface area contributed by atoms with Crippen molar-refractivity contribution in [2.75, 3.05) is 50.2 Å². The van der Waals surface area contributed by atoms with Gasteiger partial charge >= 0.3 is 0 Å². The van der Waals surface area contributed by atoms with Gasteiger partial charge in [0.2, 0.25) is 5.95 Å². The second-order valence-corrected chi connectivity index (χ2v) is 9.51. The lowest BCUT2D eigenvalue weighted by Crippen LogP contribution is -2.62. The third kappa shape index (κ3) is 4.36. The van der Waals surface area contributed by atoms with Crippen LogP contribution in [0.3, 0.4) is 0 Å². The van der Waals surface area contributed by atoms with E-state index in [-0.39, 0.29) is 44.2 Å². The molecule has 0 saturated carbocycles. The van der Waals surface area contributed by atoms with Gasteiger partial charge in [0.25, 0.3) is 5.91 Å². The first kappa shape index (κ1) is 24.6. The number of carbonyl (C=O) groups is 1. The third-order valence-electron chi connectivity index (χ3n) is 6.82. The van der Waals surface area contributed by atoms with Crippen molar-refractivity contribution in [3.63, 3.8) is 0 Å². The van der Waals surface area contributed by atoms with Crippen molar-refractivity contribution in [3.05, 3.63) is 29.5 Å². The lowest BCUT2D eigenvalue weighted by Gasteiger charge is -2.48. The van der Waals surface area contributed by atoms with Crippen LogP contribution in [0.4, 0.5) is 17.5 Å². The lowest BCUT2D eigenvalue weighted by atomic mass is 9.81. The smallest absolute Gasteiger partial charge is 0.257 e. The highest BCUT2D eigenvalue weighted by Gasteiger charge is 2.45. The molecule has 1 amide bonds. The topological polar surface area (TPSA) is 169 Å². The molecule has 1 saturated heterocycles. The highest BCUT2D eigenvalue weighted by molar-refractivity contribution is 6.00. The van der Waals surface area contributed by atoms with Crippen LogP contribution >= 0.6 is 0 Å². The summed E-state index contributed by atoms with van der Waals surface area (Å²) >= 11 is 0. The maximum atomic E-state index is 13.2. The predicted octanol–water partition coefficient (Wildman–Crippen LogP) is 1.98. The number of benzene rings is 1. The van der Waals surface area contributed by atoms with Gasteiger partial charge in [-0.2, -0.15) is 15.2 Å². The number of carbonyl (C=O) groups excluding carboxylic acids is 1. The number of nitriles is 1. The zero-order valence-electron chi connectivity index (χ0n) is 20.7. The highest BCUT2D eigenvalue weighted by Crippen LogP contribution is 2.43. The van der Waals surface area contributed by atoms with Crippen molar-refractivity contribution < 1.29 is 24.5 Å². The molecule has 5 N–H and O–H groups in total. The molecule has 2 aliphatic heterocycles. The number of fused-ring (bicyclic) bond motifs is 2. The molecule has 3 aromatic rings. The maximum Gasteiger partial charge on any atom is 0.257 e. The van der Waals surface area contributed by atoms with Gasteiger partial charge in [0.05, 0.1) is 40.8 Å². The Morgan fingerprint density at radius 2 is 1.97 bits per heavy atom. The summed E-state index contributed by atoms with van der Waals surface area (Å²) in [6, 6.07) is 5.65. The van der Waals surface area contributed by atoms with Gasteiger partial charge in [0.15, 0.2) is 11.5 Å². The second kappa shape index (κ2) is 9.76. The molecule has 0 spiro atoms. The Kier molecular flexibility index (Phi) is 6.49. The standard InChI is InChI=1S/C25H29N7O5/c1-3-14(2)28-22-18-15(8-26)9-27-21(18)30-24(31-22)29-17-5-4-16(19-20(17)37-7-6-36-19)23(35)32-10-25(11-32,12-33)13-34/h4-5,9,14,33-34H,3,6-7,10-13H2,1-2H3,(H3,27,28,29,30,31)/t14-/m1/s1. The zero-order chi connectivity index (χ0) is 26.2. The lowest BCUT2D eigenvalue weighted by molar-refractivity contribution is -0.0590. The third-order valence-corrected chi connectivity index (χ3v) is 6.82. The Morgan fingerprint density at radius 1 is 1.24 bits per heavy atom. The van der Waals surface area contributed by atoms with E-state index in [9.17, 15) is 20.3 Å². The van der Waals surface area contributed by atoms with Crippen LogP contribution in [0.5, 0.6) is 11.5 Å². The van der Waals surface area contributed by atoms with Crippen LogP contribution in [0.15, 0.2) is 18.3 Å². The van der Waals surface area contributed by atoms with Gasteiger partial charge in [-0.05, 0) is 25.5 Å². The summed E-state index contributed by atoms with van der Waals surface area (Å²) in [4.78, 5) is 26.9. The molecule has 4 heterocycles. The van der Waals surface area contributed by atoms with E-state index >= 15 is 0 Å². The highest BCUT2D eigenvalue weighted by atomic mass is 16.6. The molecule has 2 aromatic heterocycles.